The van der Waals surface area contributed by atoms with E-state index in [1.54, 1.807) is 0 Å². The van der Waals surface area contributed by atoms with Crippen LogP contribution in [0, 0.1) is 0 Å². The van der Waals surface area contributed by atoms with Gasteiger partial charge in [-0.15, -0.1) is 0 Å². The van der Waals surface area contributed by atoms with Gasteiger partial charge < -0.3 is 43.8 Å². The molecule has 0 N–H and O–H groups in total. The van der Waals surface area contributed by atoms with E-state index in [1.165, 1.54) is 22.5 Å². The molecule has 0 atom stereocenters. The smallest absolute Gasteiger partial charge is 0.175 e. The van der Waals surface area contributed by atoms with Crippen molar-refractivity contribution in [1.29, 1.82) is 0 Å². The summed E-state index contributed by atoms with van der Waals surface area (Å²) in [4.78, 5) is 4.69. The molecule has 2 heterocycles. The molecular formula is C34H42Br2N4. The van der Waals surface area contributed by atoms with Gasteiger partial charge in [0, 0.05) is 74.0 Å². The van der Waals surface area contributed by atoms with E-state index < -0.39 is 0 Å². The number of nitrogens with zero attached hydrogens (tertiary/aromatic N) is 4. The van der Waals surface area contributed by atoms with E-state index in [-0.39, 0.29) is 34.0 Å². The van der Waals surface area contributed by atoms with Gasteiger partial charge in [0.15, 0.2) is 37.2 Å². The Kier molecular flexibility index (Phi) is 17.2. The maximum atomic E-state index is 2.35. The van der Waals surface area contributed by atoms with Gasteiger partial charge in [0.1, 0.15) is 0 Å². The van der Waals surface area contributed by atoms with Gasteiger partial charge in [-0.05, 0) is 63.1 Å². The lowest BCUT2D eigenvalue weighted by Gasteiger charge is -2.20. The average Bonchev–Trinajstić information content (AvgIpc) is 2.99. The Labute approximate surface area is 262 Å². The van der Waals surface area contributed by atoms with Crippen LogP contribution in [0.4, 0.5) is 11.4 Å². The molecule has 0 saturated carbocycles. The average molecular weight is 667 g/mol. The van der Waals surface area contributed by atoms with Crippen molar-refractivity contribution >= 4 is 35.9 Å². The molecule has 6 heteroatoms. The van der Waals surface area contributed by atoms with Crippen molar-refractivity contribution in [3.05, 3.63) is 121 Å². The fourth-order valence-electron chi connectivity index (χ4n) is 4.14. The lowest BCUT2D eigenvalue weighted by Crippen LogP contribution is -3.00. The van der Waals surface area contributed by atoms with E-state index in [4.69, 9.17) is 0 Å². The van der Waals surface area contributed by atoms with Crippen molar-refractivity contribution in [3.8, 4) is 0 Å². The molecule has 0 fully saturated rings. The monoisotopic (exact) mass is 664 g/mol. The molecule has 4 rings (SSSR count). The van der Waals surface area contributed by atoms with Crippen LogP contribution in [0.2, 0.25) is 0 Å². The van der Waals surface area contributed by atoms with Crippen molar-refractivity contribution in [2.24, 2.45) is 0 Å². The van der Waals surface area contributed by atoms with E-state index in [9.17, 15) is 0 Å². The summed E-state index contributed by atoms with van der Waals surface area (Å²) in [6, 6.07) is 29.5. The molecule has 40 heavy (non-hydrogen) atoms. The molecule has 0 bridgehead atoms. The maximum Gasteiger partial charge on any atom is 0.175 e. The van der Waals surface area contributed by atoms with Crippen LogP contribution in [0.1, 0.15) is 38.8 Å². The highest BCUT2D eigenvalue weighted by Crippen LogP contribution is 2.16. The van der Waals surface area contributed by atoms with E-state index in [2.05, 4.69) is 111 Å². The number of aromatic nitrogens is 2. The zero-order chi connectivity index (χ0) is 27.0. The van der Waals surface area contributed by atoms with Crippen LogP contribution < -0.4 is 52.9 Å². The minimum absolute atomic E-state index is 0. The Morgan fingerprint density at radius 1 is 0.475 bits per heavy atom. The van der Waals surface area contributed by atoms with Crippen LogP contribution in [0.15, 0.2) is 110 Å². The number of anilines is 2. The number of hydrogen-bond acceptors (Lipinski definition) is 2. The van der Waals surface area contributed by atoms with Gasteiger partial charge >= 0.3 is 0 Å². The van der Waals surface area contributed by atoms with E-state index in [0.717, 1.165) is 26.2 Å². The maximum absolute atomic E-state index is 2.35. The predicted octanol–water partition coefficient (Wildman–Crippen LogP) is 0.904. The second kappa shape index (κ2) is 19.8. The van der Waals surface area contributed by atoms with Crippen molar-refractivity contribution < 1.29 is 43.1 Å². The molecule has 0 aliphatic carbocycles. The molecule has 4 nitrogen and oxygen atoms in total. The largest absolute Gasteiger partial charge is 1.00 e. The van der Waals surface area contributed by atoms with Crippen LogP contribution in [-0.4, -0.2) is 26.2 Å². The third-order valence-corrected chi connectivity index (χ3v) is 6.40. The number of benzene rings is 2. The number of rotatable bonds is 10. The van der Waals surface area contributed by atoms with Crippen LogP contribution in [0.5, 0.6) is 0 Å². The number of pyridine rings is 2. The highest BCUT2D eigenvalue weighted by atomic mass is 79.9. The van der Waals surface area contributed by atoms with Crippen molar-refractivity contribution in [2.75, 3.05) is 36.0 Å². The molecular weight excluding hydrogens is 624 g/mol. The zero-order valence-corrected chi connectivity index (χ0v) is 27.2. The van der Waals surface area contributed by atoms with Gasteiger partial charge in [0.05, 0.1) is 0 Å². The van der Waals surface area contributed by atoms with E-state index in [1.807, 2.05) is 70.3 Å². The van der Waals surface area contributed by atoms with Gasteiger partial charge in [0.2, 0.25) is 0 Å². The minimum Gasteiger partial charge on any atom is -1.00 e. The predicted molar refractivity (Wildman–Crippen MR) is 164 cm³/mol. The molecule has 0 amide bonds. The fourth-order valence-corrected chi connectivity index (χ4v) is 4.14. The summed E-state index contributed by atoms with van der Waals surface area (Å²) in [7, 11) is 0. The first-order chi connectivity index (χ1) is 18.7. The van der Waals surface area contributed by atoms with Crippen molar-refractivity contribution in [1.82, 2.24) is 0 Å². The quantitative estimate of drug-likeness (QED) is 0.234. The summed E-state index contributed by atoms with van der Waals surface area (Å²) >= 11 is 0. The highest BCUT2D eigenvalue weighted by Gasteiger charge is 2.01. The Hall–Kier alpha value is -3.22. The molecule has 0 spiro atoms. The molecule has 0 aliphatic heterocycles. The van der Waals surface area contributed by atoms with Crippen molar-refractivity contribution in [3.63, 3.8) is 0 Å². The van der Waals surface area contributed by atoms with Crippen LogP contribution in [0.25, 0.3) is 24.6 Å². The van der Waals surface area contributed by atoms with Gasteiger partial charge in [-0.2, -0.15) is 9.13 Å². The summed E-state index contributed by atoms with van der Waals surface area (Å²) in [5.74, 6) is 0. The topological polar surface area (TPSA) is 14.2 Å². The van der Waals surface area contributed by atoms with Crippen LogP contribution >= 0.6 is 0 Å². The molecule has 4 aromatic rings. The first-order valence-electron chi connectivity index (χ1n) is 13.6. The number of halogens is 2. The highest BCUT2D eigenvalue weighted by molar-refractivity contribution is 5.61. The molecule has 2 aromatic carbocycles. The third kappa shape index (κ3) is 11.5. The molecule has 0 saturated heterocycles. The summed E-state index contributed by atoms with van der Waals surface area (Å²) in [5.41, 5.74) is 5.00. The van der Waals surface area contributed by atoms with Crippen LogP contribution in [0.3, 0.4) is 0 Å². The third-order valence-electron chi connectivity index (χ3n) is 6.40. The lowest BCUT2D eigenvalue weighted by atomic mass is 10.2. The van der Waals surface area contributed by atoms with Gasteiger partial charge in [-0.25, -0.2) is 0 Å². The standard InChI is InChI=1S/2C17H21N2.2BrH/c2*1-3-19(4-2)17-10-8-16(9-11-17)12-15-18-13-6-5-7-14-18;;/h2*5-15H,3-4H2,1-2H3;2*1H/q2*+1;;/p-2. The van der Waals surface area contributed by atoms with Crippen LogP contribution in [-0.2, 0) is 0 Å². The first-order valence-corrected chi connectivity index (χ1v) is 13.6. The molecule has 0 aliphatic rings. The molecule has 0 unspecified atom stereocenters. The zero-order valence-electron chi connectivity index (χ0n) is 24.1. The van der Waals surface area contributed by atoms with E-state index in [0.29, 0.717) is 0 Å². The summed E-state index contributed by atoms with van der Waals surface area (Å²) in [6.07, 6.45) is 16.5. The van der Waals surface area contributed by atoms with Gasteiger partial charge in [-0.3, -0.25) is 0 Å². The summed E-state index contributed by atoms with van der Waals surface area (Å²) < 4.78 is 4.08. The minimum atomic E-state index is 0. The van der Waals surface area contributed by atoms with Gasteiger partial charge in [-0.1, -0.05) is 36.4 Å². The normalized spacial score (nSPS) is 10.3. The Bertz CT molecular complexity index is 1130. The fraction of sp³-hybridized carbons (Fsp3) is 0.235. The van der Waals surface area contributed by atoms with Crippen molar-refractivity contribution in [2.45, 2.75) is 27.7 Å². The second-order valence-electron chi connectivity index (χ2n) is 8.80. The SMILES string of the molecule is CCN(CC)c1ccc(C=C[n+]2ccccc2)cc1.CCN(CC)c1ccc(C=C[n+]2ccccc2)cc1.[Br-].[Br-]. The first kappa shape index (κ1) is 34.8. The Morgan fingerprint density at radius 2 is 0.775 bits per heavy atom. The Morgan fingerprint density at radius 3 is 1.05 bits per heavy atom. The lowest BCUT2D eigenvalue weighted by molar-refractivity contribution is -0.567. The molecule has 2 aromatic heterocycles. The second-order valence-corrected chi connectivity index (χ2v) is 8.80. The molecule has 212 valence electrons. The summed E-state index contributed by atoms with van der Waals surface area (Å²) in [5, 5.41) is 0. The number of hydrogen-bond donors (Lipinski definition) is 0. The van der Waals surface area contributed by atoms with E-state index >= 15 is 0 Å². The van der Waals surface area contributed by atoms with Gasteiger partial charge in [0.25, 0.3) is 0 Å². The Balaban J connectivity index is 0.000000381. The molecule has 0 radical (unpaired) electrons. The summed E-state index contributed by atoms with van der Waals surface area (Å²) in [6.45, 7) is 12.9.